The molecule has 0 saturated carbocycles. The van der Waals surface area contributed by atoms with E-state index in [1.54, 1.807) is 102 Å². The fourth-order valence-corrected chi connectivity index (χ4v) is 10.7. The molecule has 2 rings (SSSR count). The molecule has 2 aromatic rings. The number of aliphatic hydroxyl groups is 1. The number of hydrogen-bond acceptors (Lipinski definition) is 16. The van der Waals surface area contributed by atoms with Gasteiger partial charge in [-0.15, -0.1) is 0 Å². The van der Waals surface area contributed by atoms with Crippen LogP contribution in [0.4, 0.5) is 0 Å². The molecular formula is C67H95N5O21. The van der Waals surface area contributed by atoms with Crippen LogP contribution in [0.3, 0.4) is 0 Å². The van der Waals surface area contributed by atoms with Crippen LogP contribution in [0.15, 0.2) is 60.7 Å². The van der Waals surface area contributed by atoms with Crippen molar-refractivity contribution in [3.05, 3.63) is 71.8 Å². The Morgan fingerprint density at radius 3 is 1.33 bits per heavy atom. The van der Waals surface area contributed by atoms with Crippen molar-refractivity contribution in [1.29, 1.82) is 0 Å². The van der Waals surface area contributed by atoms with E-state index >= 15 is 0 Å². The molecule has 0 saturated heterocycles. The predicted octanol–water partition coefficient (Wildman–Crippen LogP) is 4.71. The largest absolute Gasteiger partial charge is 0.481 e. The van der Waals surface area contributed by atoms with Gasteiger partial charge in [0.2, 0.25) is 29.5 Å². The van der Waals surface area contributed by atoms with Gasteiger partial charge in [0.25, 0.3) is 0 Å². The molecule has 5 amide bonds. The summed E-state index contributed by atoms with van der Waals surface area (Å²) in [6.07, 6.45) is -7.97. The zero-order chi connectivity index (χ0) is 70.4. The number of benzene rings is 2. The Morgan fingerprint density at radius 2 is 0.828 bits per heavy atom. The lowest BCUT2D eigenvalue weighted by molar-refractivity contribution is -0.149. The molecule has 26 heteroatoms. The van der Waals surface area contributed by atoms with Gasteiger partial charge in [0, 0.05) is 68.6 Å². The maximum atomic E-state index is 14.7. The summed E-state index contributed by atoms with van der Waals surface area (Å²) in [6.45, 7) is 14.5. The average Bonchev–Trinajstić information content (AvgIpc) is 2.65. The van der Waals surface area contributed by atoms with Gasteiger partial charge in [-0.2, -0.15) is 0 Å². The first-order valence-electron chi connectivity index (χ1n) is 31.5. The minimum atomic E-state index is -1.68. The van der Waals surface area contributed by atoms with E-state index in [1.807, 2.05) is 0 Å². The lowest BCUT2D eigenvalue weighted by Crippen LogP contribution is -2.51. The van der Waals surface area contributed by atoms with Crippen molar-refractivity contribution in [3.63, 3.8) is 0 Å². The summed E-state index contributed by atoms with van der Waals surface area (Å²) >= 11 is 0. The second-order valence-corrected chi connectivity index (χ2v) is 25.5. The van der Waals surface area contributed by atoms with E-state index in [0.717, 1.165) is 0 Å². The third kappa shape index (κ3) is 31.1. The Hall–Kier alpha value is -8.55. The molecule has 26 nitrogen and oxygen atoms in total. The summed E-state index contributed by atoms with van der Waals surface area (Å²) in [4.78, 5) is 196. The summed E-state index contributed by atoms with van der Waals surface area (Å²) < 4.78 is 0. The highest BCUT2D eigenvalue weighted by molar-refractivity contribution is 5.98. The molecule has 0 aromatic heterocycles. The van der Waals surface area contributed by atoms with Crippen LogP contribution in [0, 0.1) is 53.3 Å². The zero-order valence-electron chi connectivity index (χ0n) is 54.6. The van der Waals surface area contributed by atoms with Gasteiger partial charge in [0.05, 0.1) is 61.0 Å². The Balaban J connectivity index is 2.41. The number of aliphatic carboxylic acids is 5. The quantitative estimate of drug-likeness (QED) is 0.0427. The molecule has 0 aliphatic heterocycles. The molecule has 0 bridgehead atoms. The number of nitrogens with one attached hydrogen (secondary N) is 5. The molecule has 93 heavy (non-hydrogen) atoms. The molecule has 0 radical (unpaired) electrons. The van der Waals surface area contributed by atoms with Crippen LogP contribution in [-0.4, -0.2) is 155 Å². The van der Waals surface area contributed by atoms with Crippen molar-refractivity contribution < 1.29 is 103 Å². The maximum absolute atomic E-state index is 14.7. The van der Waals surface area contributed by atoms with E-state index in [0.29, 0.717) is 11.1 Å². The lowest BCUT2D eigenvalue weighted by atomic mass is 9.87. The van der Waals surface area contributed by atoms with Crippen molar-refractivity contribution in [2.75, 3.05) is 0 Å². The average molecular weight is 1310 g/mol. The van der Waals surface area contributed by atoms with Crippen molar-refractivity contribution in [2.24, 2.45) is 53.3 Å². The Labute approximate surface area is 541 Å². The number of rotatable bonds is 47. The Kier molecular flexibility index (Phi) is 35.0. The molecule has 0 unspecified atom stereocenters. The highest BCUT2D eigenvalue weighted by atomic mass is 16.4. The summed E-state index contributed by atoms with van der Waals surface area (Å²) in [6, 6.07) is 10.7. The number of carbonyl (C=O) groups is 15. The predicted molar refractivity (Wildman–Crippen MR) is 336 cm³/mol. The smallest absolute Gasteiger partial charge is 0.307 e. The fourth-order valence-electron chi connectivity index (χ4n) is 10.7. The van der Waals surface area contributed by atoms with Crippen LogP contribution < -0.4 is 26.6 Å². The maximum Gasteiger partial charge on any atom is 0.307 e. The van der Waals surface area contributed by atoms with Crippen LogP contribution in [0.25, 0.3) is 0 Å². The van der Waals surface area contributed by atoms with E-state index in [2.05, 4.69) is 26.6 Å². The van der Waals surface area contributed by atoms with Crippen molar-refractivity contribution in [3.8, 4) is 0 Å². The Morgan fingerprint density at radius 1 is 0.387 bits per heavy atom. The van der Waals surface area contributed by atoms with Crippen LogP contribution in [0.1, 0.15) is 163 Å². The van der Waals surface area contributed by atoms with E-state index in [-0.39, 0.29) is 62.6 Å². The Bertz CT molecular complexity index is 2910. The fraction of sp³-hybridized carbons (Fsp3) is 0.597. The highest BCUT2D eigenvalue weighted by Gasteiger charge is 2.38. The number of carbonyl (C=O) groups excluding carboxylic acids is 10. The van der Waals surface area contributed by atoms with Gasteiger partial charge in [-0.25, -0.2) is 0 Å². The van der Waals surface area contributed by atoms with Crippen LogP contribution in [-0.2, 0) is 84.8 Å². The van der Waals surface area contributed by atoms with Gasteiger partial charge >= 0.3 is 29.8 Å². The number of Topliss-reactive ketones (excluding diaryl/α,β-unsaturated/α-hetero) is 5. The second-order valence-electron chi connectivity index (χ2n) is 25.5. The molecule has 0 spiro atoms. The second kappa shape index (κ2) is 40.4. The summed E-state index contributed by atoms with van der Waals surface area (Å²) in [5, 5.41) is 72.2. The molecule has 2 aromatic carbocycles. The number of ketones is 5. The summed E-state index contributed by atoms with van der Waals surface area (Å²) in [5.41, 5.74) is 1.23. The number of carboxylic acid groups (broad SMARTS) is 5. The first-order valence-corrected chi connectivity index (χ1v) is 31.5. The summed E-state index contributed by atoms with van der Waals surface area (Å²) in [5.74, 6) is -23.0. The van der Waals surface area contributed by atoms with E-state index < -0.39 is 218 Å². The van der Waals surface area contributed by atoms with Crippen LogP contribution in [0.5, 0.6) is 0 Å². The normalized spacial score (nSPS) is 15.2. The number of aliphatic hydroxyl groups excluding tert-OH is 1. The molecule has 0 aliphatic carbocycles. The minimum Gasteiger partial charge on any atom is -0.481 e. The first-order chi connectivity index (χ1) is 43.5. The van der Waals surface area contributed by atoms with Gasteiger partial charge in [-0.1, -0.05) is 116 Å². The molecule has 11 N–H and O–H groups in total. The summed E-state index contributed by atoms with van der Waals surface area (Å²) in [7, 11) is 0. The SMILES string of the molecule is CC(=O)C[C@@H](CCC(=O)O)C(=O)N[C@@H](CC(C)C)C(=O)C[C@@H](CC(=O)O)C(=O)N[C@@H](CC(C)C)[C@@H](O)C[C@@H](C)C(=O)N[C@H](C(=O)C[C@@H](Cc1ccccc1)C(=O)N[C@@H](Cc1ccccc1)C(=O)C[C@@H](C)C(=O)N[C@@H](CCC(=O)O)C(=O)C[C@@H](CC(=O)O)C(=O)O)C(C)C. The molecule has 0 fully saturated rings. The number of amides is 5. The zero-order valence-corrected chi connectivity index (χ0v) is 54.6. The standard InChI is InChI=1S/C67H95N5O21/c1-36(2)24-49(70-66(91)46(34-59(83)84)31-55(77)50(25-37(3)4)69-64(89)44(28-41(9)73)20-22-57(79)80)52(74)27-40(8)63(88)72-61(38(5)6)56(78)32-45(29-42-16-12-10-13-17-42)65(90)71-51(30-43-18-14-11-15-19-43)53(75)26-39(7)62(87)68-48(21-23-58(81)82)54(76)33-47(67(92)93)35-60(85)86/h10-19,36-40,44-52,61,74H,20-35H2,1-9H3,(H,68,87)(H,69,89)(H,70,91)(H,71,90)(H,72,88)(H,79,80)(H,81,82)(H,83,84)(H,85,86)(H,92,93)/t39-,40-,44-,45-,46+,47+,48+,49+,50+,51+,52+,61+/m1/s1. The van der Waals surface area contributed by atoms with E-state index in [9.17, 15) is 103 Å². The van der Waals surface area contributed by atoms with E-state index in [1.165, 1.54) is 20.8 Å². The van der Waals surface area contributed by atoms with Crippen molar-refractivity contribution in [1.82, 2.24) is 26.6 Å². The van der Waals surface area contributed by atoms with Gasteiger partial charge < -0.3 is 62.0 Å². The van der Waals surface area contributed by atoms with Crippen LogP contribution in [0.2, 0.25) is 0 Å². The van der Waals surface area contributed by atoms with Gasteiger partial charge in [0.15, 0.2) is 23.1 Å². The molecule has 514 valence electrons. The number of hydrogen-bond donors (Lipinski definition) is 11. The van der Waals surface area contributed by atoms with E-state index in [4.69, 9.17) is 0 Å². The first kappa shape index (κ1) is 80.5. The van der Waals surface area contributed by atoms with Crippen molar-refractivity contribution in [2.45, 2.75) is 201 Å². The molecule has 0 aliphatic rings. The molecule has 12 atom stereocenters. The number of carboxylic acids is 5. The molecule has 0 heterocycles. The minimum absolute atomic E-state index is 0.0237. The lowest BCUT2D eigenvalue weighted by Gasteiger charge is -2.30. The third-order valence-electron chi connectivity index (χ3n) is 15.8. The topological polar surface area (TPSA) is 438 Å². The highest BCUT2D eigenvalue weighted by Crippen LogP contribution is 2.24. The van der Waals surface area contributed by atoms with Crippen LogP contribution >= 0.6 is 0 Å². The van der Waals surface area contributed by atoms with Gasteiger partial charge in [0.1, 0.15) is 5.78 Å². The van der Waals surface area contributed by atoms with Crippen molar-refractivity contribution >= 4 is 88.3 Å². The monoisotopic (exact) mass is 1310 g/mol. The third-order valence-corrected chi connectivity index (χ3v) is 15.8. The van der Waals surface area contributed by atoms with Gasteiger partial charge in [-0.3, -0.25) is 67.1 Å². The van der Waals surface area contributed by atoms with Gasteiger partial charge in [-0.05, 0) is 80.8 Å². The molecular weight excluding hydrogens is 1210 g/mol.